The molecule has 142 valence electrons. The monoisotopic (exact) mass is 407 g/mol. The van der Waals surface area contributed by atoms with E-state index in [1.165, 1.54) is 24.9 Å². The van der Waals surface area contributed by atoms with Crippen LogP contribution in [-0.2, 0) is 6.54 Å². The molecule has 0 atom stereocenters. The fourth-order valence-corrected chi connectivity index (χ4v) is 4.12. The highest BCUT2D eigenvalue weighted by atomic mass is 35.5. The molecule has 0 bridgehead atoms. The second-order valence-corrected chi connectivity index (χ2v) is 8.88. The van der Waals surface area contributed by atoms with Gasteiger partial charge in [0, 0.05) is 29.1 Å². The Labute approximate surface area is 166 Å². The third-order valence-electron chi connectivity index (χ3n) is 3.93. The lowest BCUT2D eigenvalue weighted by molar-refractivity contribution is 0.0998. The molecule has 1 saturated heterocycles. The summed E-state index contributed by atoms with van der Waals surface area (Å²) in [4.78, 5) is 22.9. The SMILES string of the molecule is COc1ccc(Cl)cc1C(=O)/N=C1\SC(C)(C)CN1Cc1cncc(F)c1. The second kappa shape index (κ2) is 7.86. The van der Waals surface area contributed by atoms with Crippen molar-refractivity contribution in [3.63, 3.8) is 0 Å². The number of halogens is 2. The molecule has 1 aromatic heterocycles. The normalized spacial score (nSPS) is 17.4. The molecule has 2 aromatic rings. The van der Waals surface area contributed by atoms with Gasteiger partial charge in [-0.05, 0) is 43.7 Å². The van der Waals surface area contributed by atoms with Crippen LogP contribution < -0.4 is 4.74 Å². The van der Waals surface area contributed by atoms with Crippen molar-refractivity contribution in [2.45, 2.75) is 25.1 Å². The molecular formula is C19H19ClFN3O2S. The summed E-state index contributed by atoms with van der Waals surface area (Å²) >= 11 is 7.52. The molecule has 0 N–H and O–H groups in total. The Morgan fingerprint density at radius 2 is 2.19 bits per heavy atom. The van der Waals surface area contributed by atoms with E-state index in [0.717, 1.165) is 6.20 Å². The third kappa shape index (κ3) is 4.78. The number of thioether (sulfide) groups is 1. The summed E-state index contributed by atoms with van der Waals surface area (Å²) in [7, 11) is 1.49. The third-order valence-corrected chi connectivity index (χ3v) is 5.38. The van der Waals surface area contributed by atoms with Crippen molar-refractivity contribution in [1.29, 1.82) is 0 Å². The molecule has 3 rings (SSSR count). The van der Waals surface area contributed by atoms with Crippen molar-refractivity contribution in [3.05, 3.63) is 58.6 Å². The van der Waals surface area contributed by atoms with Crippen molar-refractivity contribution < 1.29 is 13.9 Å². The smallest absolute Gasteiger partial charge is 0.283 e. The Bertz CT molecular complexity index is 904. The second-order valence-electron chi connectivity index (χ2n) is 6.77. The average molecular weight is 408 g/mol. The van der Waals surface area contributed by atoms with Crippen LogP contribution in [0, 0.1) is 5.82 Å². The lowest BCUT2D eigenvalue weighted by Crippen LogP contribution is -2.28. The molecule has 0 aliphatic carbocycles. The van der Waals surface area contributed by atoms with Gasteiger partial charge in [0.1, 0.15) is 11.6 Å². The predicted molar refractivity (Wildman–Crippen MR) is 106 cm³/mol. The number of benzene rings is 1. The van der Waals surface area contributed by atoms with Crippen LogP contribution in [0.4, 0.5) is 4.39 Å². The lowest BCUT2D eigenvalue weighted by Gasteiger charge is -2.19. The van der Waals surface area contributed by atoms with Gasteiger partial charge in [0.25, 0.3) is 5.91 Å². The van der Waals surface area contributed by atoms with Gasteiger partial charge in [-0.3, -0.25) is 9.78 Å². The maximum absolute atomic E-state index is 13.4. The number of rotatable bonds is 4. The first kappa shape index (κ1) is 19.6. The number of hydrogen-bond donors (Lipinski definition) is 0. The van der Waals surface area contributed by atoms with Crippen LogP contribution in [0.25, 0.3) is 0 Å². The highest BCUT2D eigenvalue weighted by Crippen LogP contribution is 2.37. The first-order valence-electron chi connectivity index (χ1n) is 8.27. The number of carbonyl (C=O) groups excluding carboxylic acids is 1. The van der Waals surface area contributed by atoms with Gasteiger partial charge in [-0.2, -0.15) is 4.99 Å². The zero-order chi connectivity index (χ0) is 19.6. The summed E-state index contributed by atoms with van der Waals surface area (Å²) in [6.45, 7) is 5.23. The van der Waals surface area contributed by atoms with Gasteiger partial charge in [0.2, 0.25) is 0 Å². The molecule has 1 aliphatic rings. The Morgan fingerprint density at radius 3 is 2.89 bits per heavy atom. The van der Waals surface area contributed by atoms with E-state index in [0.29, 0.717) is 40.2 Å². The number of amidine groups is 1. The summed E-state index contributed by atoms with van der Waals surface area (Å²) in [6.07, 6.45) is 2.77. The largest absolute Gasteiger partial charge is 0.496 e. The van der Waals surface area contributed by atoms with Crippen LogP contribution in [0.2, 0.25) is 5.02 Å². The summed E-state index contributed by atoms with van der Waals surface area (Å²) in [5, 5.41) is 1.01. The molecule has 1 aliphatic heterocycles. The number of hydrogen-bond acceptors (Lipinski definition) is 4. The molecule has 5 nitrogen and oxygen atoms in total. The number of carbonyl (C=O) groups is 1. The summed E-state index contributed by atoms with van der Waals surface area (Å²) in [5.74, 6) is -0.411. The molecule has 0 unspecified atom stereocenters. The molecule has 1 fully saturated rings. The Morgan fingerprint density at radius 1 is 1.41 bits per heavy atom. The molecule has 1 amide bonds. The maximum Gasteiger partial charge on any atom is 0.283 e. The number of ether oxygens (including phenoxy) is 1. The fourth-order valence-electron chi connectivity index (χ4n) is 2.85. The van der Waals surface area contributed by atoms with Crippen LogP contribution in [0.1, 0.15) is 29.8 Å². The highest BCUT2D eigenvalue weighted by molar-refractivity contribution is 8.15. The molecule has 27 heavy (non-hydrogen) atoms. The van der Waals surface area contributed by atoms with Crippen molar-refractivity contribution in [3.8, 4) is 5.75 Å². The van der Waals surface area contributed by atoms with Crippen molar-refractivity contribution in [1.82, 2.24) is 9.88 Å². The minimum Gasteiger partial charge on any atom is -0.496 e. The van der Waals surface area contributed by atoms with Crippen LogP contribution in [0.5, 0.6) is 5.75 Å². The van der Waals surface area contributed by atoms with Gasteiger partial charge in [-0.1, -0.05) is 23.4 Å². The van der Waals surface area contributed by atoms with E-state index in [1.54, 1.807) is 24.4 Å². The van der Waals surface area contributed by atoms with Gasteiger partial charge in [-0.15, -0.1) is 0 Å². The van der Waals surface area contributed by atoms with E-state index >= 15 is 0 Å². The van der Waals surface area contributed by atoms with Gasteiger partial charge in [-0.25, -0.2) is 4.39 Å². The minimum absolute atomic E-state index is 0.127. The summed E-state index contributed by atoms with van der Waals surface area (Å²) in [6, 6.07) is 6.26. The first-order valence-corrected chi connectivity index (χ1v) is 9.47. The fraction of sp³-hybridized carbons (Fsp3) is 0.316. The Kier molecular flexibility index (Phi) is 5.72. The topological polar surface area (TPSA) is 54.8 Å². The quantitative estimate of drug-likeness (QED) is 0.751. The lowest BCUT2D eigenvalue weighted by atomic mass is 10.2. The first-order chi connectivity index (χ1) is 12.8. The number of nitrogens with zero attached hydrogens (tertiary/aromatic N) is 3. The van der Waals surface area contributed by atoms with Crippen LogP contribution in [0.15, 0.2) is 41.7 Å². The van der Waals surface area contributed by atoms with E-state index in [9.17, 15) is 9.18 Å². The van der Waals surface area contributed by atoms with Crippen molar-refractivity contribution in [2.75, 3.05) is 13.7 Å². The minimum atomic E-state index is -0.433. The highest BCUT2D eigenvalue weighted by Gasteiger charge is 2.36. The standard InChI is InChI=1S/C19H19ClFN3O2S/c1-19(2)11-24(10-12-6-14(21)9-22-8-12)18(27-19)23-17(25)15-7-13(20)4-5-16(15)26-3/h4-9H,10-11H2,1-3H3/b23-18-. The maximum atomic E-state index is 13.4. The van der Waals surface area contributed by atoms with E-state index in [2.05, 4.69) is 23.8 Å². The number of amides is 1. The van der Waals surface area contributed by atoms with Gasteiger partial charge in [0.05, 0.1) is 18.9 Å². The van der Waals surface area contributed by atoms with Crippen LogP contribution in [-0.4, -0.2) is 39.4 Å². The zero-order valence-electron chi connectivity index (χ0n) is 15.2. The summed E-state index contributed by atoms with van der Waals surface area (Å²) < 4.78 is 18.6. The molecule has 0 saturated carbocycles. The number of methoxy groups -OCH3 is 1. The van der Waals surface area contributed by atoms with Crippen LogP contribution in [0.3, 0.4) is 0 Å². The Balaban J connectivity index is 1.90. The molecule has 0 spiro atoms. The molecule has 1 aromatic carbocycles. The molecule has 8 heteroatoms. The number of aromatic nitrogens is 1. The van der Waals surface area contributed by atoms with E-state index in [-0.39, 0.29) is 4.75 Å². The number of aliphatic imine (C=N–C) groups is 1. The predicted octanol–water partition coefficient (Wildman–Crippen LogP) is 4.41. The zero-order valence-corrected chi connectivity index (χ0v) is 16.8. The number of pyridine rings is 1. The van der Waals surface area contributed by atoms with E-state index in [4.69, 9.17) is 16.3 Å². The summed E-state index contributed by atoms with van der Waals surface area (Å²) in [5.41, 5.74) is 1.02. The average Bonchev–Trinajstić information content (AvgIpc) is 2.88. The van der Waals surface area contributed by atoms with Crippen molar-refractivity contribution >= 4 is 34.4 Å². The molecule has 2 heterocycles. The molecular weight excluding hydrogens is 389 g/mol. The van der Waals surface area contributed by atoms with E-state index < -0.39 is 11.7 Å². The van der Waals surface area contributed by atoms with Gasteiger partial charge >= 0.3 is 0 Å². The van der Waals surface area contributed by atoms with E-state index in [1.807, 2.05) is 4.90 Å². The van der Waals surface area contributed by atoms with Crippen molar-refractivity contribution in [2.24, 2.45) is 4.99 Å². The van der Waals surface area contributed by atoms with Crippen LogP contribution >= 0.6 is 23.4 Å². The van der Waals surface area contributed by atoms with Gasteiger partial charge in [0.15, 0.2) is 5.17 Å². The van der Waals surface area contributed by atoms with Gasteiger partial charge < -0.3 is 9.64 Å². The molecule has 0 radical (unpaired) electrons. The Hall–Kier alpha value is -2.12.